The average Bonchev–Trinajstić information content (AvgIpc) is 2.96. The highest BCUT2D eigenvalue weighted by Crippen LogP contribution is 2.32. The molecule has 1 saturated heterocycles. The SMILES string of the molecule is CC1CCN(C(=O)c2ccc3c(c2)CC(=O)N3Cc2cccc(F)c2)CC1. The number of likely N-dealkylation sites (tertiary alicyclic amines) is 1. The molecule has 0 aliphatic carbocycles. The molecule has 2 aliphatic heterocycles. The lowest BCUT2D eigenvalue weighted by molar-refractivity contribution is -0.117. The van der Waals surface area contributed by atoms with Crippen molar-refractivity contribution < 1.29 is 14.0 Å². The van der Waals surface area contributed by atoms with Gasteiger partial charge in [-0.1, -0.05) is 19.1 Å². The predicted octanol–water partition coefficient (Wildman–Crippen LogP) is 3.79. The third-order valence-electron chi connectivity index (χ3n) is 5.56. The molecule has 1 fully saturated rings. The summed E-state index contributed by atoms with van der Waals surface area (Å²) >= 11 is 0. The van der Waals surface area contributed by atoms with Crippen molar-refractivity contribution in [2.75, 3.05) is 18.0 Å². The van der Waals surface area contributed by atoms with Gasteiger partial charge in [0.05, 0.1) is 13.0 Å². The Labute approximate surface area is 158 Å². The van der Waals surface area contributed by atoms with Crippen LogP contribution in [0.3, 0.4) is 0 Å². The molecule has 27 heavy (non-hydrogen) atoms. The average molecular weight is 366 g/mol. The van der Waals surface area contributed by atoms with Gasteiger partial charge in [-0.15, -0.1) is 0 Å². The first-order valence-electron chi connectivity index (χ1n) is 9.48. The summed E-state index contributed by atoms with van der Waals surface area (Å²) in [6, 6.07) is 11.8. The number of fused-ring (bicyclic) bond motifs is 1. The number of amides is 2. The topological polar surface area (TPSA) is 40.6 Å². The minimum atomic E-state index is -0.309. The lowest BCUT2D eigenvalue weighted by Crippen LogP contribution is -2.37. The van der Waals surface area contributed by atoms with Crippen molar-refractivity contribution in [3.63, 3.8) is 0 Å². The Hall–Kier alpha value is -2.69. The Morgan fingerprint density at radius 3 is 2.67 bits per heavy atom. The molecule has 2 heterocycles. The van der Waals surface area contributed by atoms with E-state index in [-0.39, 0.29) is 24.1 Å². The molecule has 140 valence electrons. The summed E-state index contributed by atoms with van der Waals surface area (Å²) in [5, 5.41) is 0. The standard InChI is InChI=1S/C22H23FN2O2/c1-15-7-9-24(10-8-15)22(27)17-5-6-20-18(12-17)13-21(26)25(20)14-16-3-2-4-19(23)11-16/h2-6,11-12,15H,7-10,13-14H2,1H3. The summed E-state index contributed by atoms with van der Waals surface area (Å²) in [5.74, 6) is 0.380. The van der Waals surface area contributed by atoms with E-state index in [1.165, 1.54) is 12.1 Å². The van der Waals surface area contributed by atoms with Gasteiger partial charge in [-0.05, 0) is 60.2 Å². The van der Waals surface area contributed by atoms with Gasteiger partial charge in [0.1, 0.15) is 5.82 Å². The van der Waals surface area contributed by atoms with E-state index in [1.54, 1.807) is 17.0 Å². The number of benzene rings is 2. The molecule has 0 atom stereocenters. The molecule has 0 aromatic heterocycles. The van der Waals surface area contributed by atoms with Crippen LogP contribution in [-0.4, -0.2) is 29.8 Å². The van der Waals surface area contributed by atoms with Crippen LogP contribution in [0.5, 0.6) is 0 Å². The second-order valence-corrected chi connectivity index (χ2v) is 7.60. The van der Waals surface area contributed by atoms with Crippen LogP contribution in [0.15, 0.2) is 42.5 Å². The highest BCUT2D eigenvalue weighted by molar-refractivity contribution is 6.03. The van der Waals surface area contributed by atoms with Gasteiger partial charge in [-0.3, -0.25) is 9.59 Å². The number of rotatable bonds is 3. The number of carbonyl (C=O) groups is 2. The molecule has 4 rings (SSSR count). The first-order valence-corrected chi connectivity index (χ1v) is 9.48. The highest BCUT2D eigenvalue weighted by atomic mass is 19.1. The number of anilines is 1. The maximum absolute atomic E-state index is 13.4. The molecule has 0 unspecified atom stereocenters. The number of piperidine rings is 1. The van der Waals surface area contributed by atoms with E-state index in [0.29, 0.717) is 18.0 Å². The zero-order valence-corrected chi connectivity index (χ0v) is 15.5. The molecule has 2 amide bonds. The van der Waals surface area contributed by atoms with Gasteiger partial charge in [0.2, 0.25) is 5.91 Å². The first-order chi connectivity index (χ1) is 13.0. The van der Waals surface area contributed by atoms with Crippen LogP contribution < -0.4 is 4.90 Å². The van der Waals surface area contributed by atoms with Crippen LogP contribution in [0, 0.1) is 11.7 Å². The van der Waals surface area contributed by atoms with E-state index in [9.17, 15) is 14.0 Å². The molecule has 5 heteroatoms. The van der Waals surface area contributed by atoms with Gasteiger partial charge in [0.25, 0.3) is 5.91 Å². The van der Waals surface area contributed by atoms with E-state index in [1.807, 2.05) is 23.1 Å². The van der Waals surface area contributed by atoms with Crippen molar-refractivity contribution in [3.05, 3.63) is 65.0 Å². The van der Waals surface area contributed by atoms with Crippen molar-refractivity contribution in [2.24, 2.45) is 5.92 Å². The monoisotopic (exact) mass is 366 g/mol. The fraction of sp³-hybridized carbons (Fsp3) is 0.364. The van der Waals surface area contributed by atoms with Crippen molar-refractivity contribution in [1.29, 1.82) is 0 Å². The van der Waals surface area contributed by atoms with Crippen LogP contribution in [0.4, 0.5) is 10.1 Å². The molecular formula is C22H23FN2O2. The molecular weight excluding hydrogens is 343 g/mol. The summed E-state index contributed by atoms with van der Waals surface area (Å²) in [7, 11) is 0. The van der Waals surface area contributed by atoms with E-state index < -0.39 is 0 Å². The van der Waals surface area contributed by atoms with E-state index in [4.69, 9.17) is 0 Å². The third kappa shape index (κ3) is 3.59. The Kier molecular flexibility index (Phi) is 4.68. The van der Waals surface area contributed by atoms with Crippen LogP contribution >= 0.6 is 0 Å². The van der Waals surface area contributed by atoms with Crippen LogP contribution in [0.1, 0.15) is 41.3 Å². The zero-order valence-electron chi connectivity index (χ0n) is 15.5. The molecule has 2 aromatic rings. The molecule has 4 nitrogen and oxygen atoms in total. The Balaban J connectivity index is 1.54. The molecule has 0 N–H and O–H groups in total. The first kappa shape index (κ1) is 17.7. The predicted molar refractivity (Wildman–Crippen MR) is 102 cm³/mol. The smallest absolute Gasteiger partial charge is 0.253 e. The van der Waals surface area contributed by atoms with E-state index in [2.05, 4.69) is 6.92 Å². The summed E-state index contributed by atoms with van der Waals surface area (Å²) in [6.45, 7) is 4.14. The maximum Gasteiger partial charge on any atom is 0.253 e. The molecule has 2 aliphatic rings. The third-order valence-corrected chi connectivity index (χ3v) is 5.56. The number of hydrogen-bond acceptors (Lipinski definition) is 2. The van der Waals surface area contributed by atoms with Crippen molar-refractivity contribution in [1.82, 2.24) is 4.90 Å². The van der Waals surface area contributed by atoms with Crippen LogP contribution in [0.2, 0.25) is 0 Å². The molecule has 2 aromatic carbocycles. The zero-order chi connectivity index (χ0) is 19.0. The Morgan fingerprint density at radius 1 is 1.15 bits per heavy atom. The largest absolute Gasteiger partial charge is 0.339 e. The van der Waals surface area contributed by atoms with Gasteiger partial charge in [-0.25, -0.2) is 4.39 Å². The highest BCUT2D eigenvalue weighted by Gasteiger charge is 2.29. The molecule has 0 saturated carbocycles. The molecule has 0 bridgehead atoms. The number of halogens is 1. The summed E-state index contributed by atoms with van der Waals surface area (Å²) < 4.78 is 13.4. The summed E-state index contributed by atoms with van der Waals surface area (Å²) in [4.78, 5) is 28.8. The Bertz CT molecular complexity index is 888. The second kappa shape index (κ2) is 7.14. The molecule has 0 spiro atoms. The van der Waals surface area contributed by atoms with Gasteiger partial charge >= 0.3 is 0 Å². The Morgan fingerprint density at radius 2 is 1.93 bits per heavy atom. The van der Waals surface area contributed by atoms with Crippen molar-refractivity contribution in [3.8, 4) is 0 Å². The number of carbonyl (C=O) groups excluding carboxylic acids is 2. The quantitative estimate of drug-likeness (QED) is 0.829. The summed E-state index contributed by atoms with van der Waals surface area (Å²) in [5.41, 5.74) is 3.07. The second-order valence-electron chi connectivity index (χ2n) is 7.60. The van der Waals surface area contributed by atoms with Gasteiger partial charge < -0.3 is 9.80 Å². The van der Waals surface area contributed by atoms with Crippen LogP contribution in [-0.2, 0) is 17.8 Å². The number of nitrogens with zero attached hydrogens (tertiary/aromatic N) is 2. The van der Waals surface area contributed by atoms with Crippen LogP contribution in [0.25, 0.3) is 0 Å². The normalized spacial score (nSPS) is 17.3. The summed E-state index contributed by atoms with van der Waals surface area (Å²) in [6.07, 6.45) is 2.36. The van der Waals surface area contributed by atoms with Crippen molar-refractivity contribution in [2.45, 2.75) is 32.7 Å². The van der Waals surface area contributed by atoms with E-state index >= 15 is 0 Å². The van der Waals surface area contributed by atoms with E-state index in [0.717, 1.165) is 42.7 Å². The maximum atomic E-state index is 13.4. The lowest BCUT2D eigenvalue weighted by Gasteiger charge is -2.30. The minimum absolute atomic E-state index is 0.0225. The fourth-order valence-electron chi connectivity index (χ4n) is 3.90. The van der Waals surface area contributed by atoms with Gasteiger partial charge in [0.15, 0.2) is 0 Å². The van der Waals surface area contributed by atoms with Gasteiger partial charge in [-0.2, -0.15) is 0 Å². The van der Waals surface area contributed by atoms with Gasteiger partial charge in [0, 0.05) is 24.3 Å². The number of hydrogen-bond donors (Lipinski definition) is 0. The molecule has 0 radical (unpaired) electrons. The fourth-order valence-corrected chi connectivity index (χ4v) is 3.90. The minimum Gasteiger partial charge on any atom is -0.339 e. The lowest BCUT2D eigenvalue weighted by atomic mass is 9.98. The van der Waals surface area contributed by atoms with Crippen molar-refractivity contribution >= 4 is 17.5 Å².